The quantitative estimate of drug-likeness (QED) is 0.254. The minimum atomic E-state index is -0.633. The van der Waals surface area contributed by atoms with Crippen molar-refractivity contribution in [1.29, 1.82) is 0 Å². The molecule has 0 aromatic heterocycles. The van der Waals surface area contributed by atoms with E-state index in [-0.39, 0.29) is 11.7 Å². The van der Waals surface area contributed by atoms with Crippen LogP contribution in [0.25, 0.3) is 0 Å². The molecule has 2 rings (SSSR count). The second-order valence-electron chi connectivity index (χ2n) is 7.95. The fraction of sp³-hybridized carbons (Fsp3) is 0.667. The van der Waals surface area contributed by atoms with E-state index >= 15 is 0 Å². The third-order valence-corrected chi connectivity index (χ3v) is 5.59. The number of hydrogen-bond acceptors (Lipinski definition) is 6. The van der Waals surface area contributed by atoms with Crippen LogP contribution in [0.15, 0.2) is 33.2 Å². The Morgan fingerprint density at radius 2 is 2.21 bits per heavy atom. The average Bonchev–Trinajstić information content (AvgIpc) is 3.17. The largest absolute Gasteiger partial charge is 0.512 e. The van der Waals surface area contributed by atoms with E-state index in [2.05, 4.69) is 17.0 Å². The topological polar surface area (TPSA) is 101 Å². The van der Waals surface area contributed by atoms with Gasteiger partial charge in [-0.1, -0.05) is 26.2 Å². The van der Waals surface area contributed by atoms with Gasteiger partial charge in [-0.2, -0.15) is 5.10 Å². The number of allylic oxidation sites excluding steroid dienone is 1. The van der Waals surface area contributed by atoms with Crippen molar-refractivity contribution in [3.05, 3.63) is 23.1 Å². The molecule has 0 saturated heterocycles. The molecule has 1 atom stereocenters. The Kier molecular flexibility index (Phi) is 8.08. The van der Waals surface area contributed by atoms with E-state index < -0.39 is 5.60 Å². The molecular formula is C21H34N4O3. The molecule has 0 bridgehead atoms. The number of carbonyl (C=O) groups excluding carboxylic acids is 1. The Bertz CT molecular complexity index is 663. The van der Waals surface area contributed by atoms with Crippen molar-refractivity contribution in [2.24, 2.45) is 21.7 Å². The van der Waals surface area contributed by atoms with Crippen molar-refractivity contribution in [2.75, 3.05) is 6.67 Å². The van der Waals surface area contributed by atoms with Gasteiger partial charge in [-0.05, 0) is 50.2 Å². The minimum Gasteiger partial charge on any atom is -0.512 e. The van der Waals surface area contributed by atoms with E-state index in [9.17, 15) is 9.90 Å². The van der Waals surface area contributed by atoms with E-state index in [1.165, 1.54) is 0 Å². The molecule has 0 aromatic carbocycles. The van der Waals surface area contributed by atoms with E-state index in [0.29, 0.717) is 31.8 Å². The zero-order valence-electron chi connectivity index (χ0n) is 17.4. The normalized spacial score (nSPS) is 21.2. The fourth-order valence-electron chi connectivity index (χ4n) is 4.25. The molecule has 0 amide bonds. The van der Waals surface area contributed by atoms with Crippen LogP contribution in [-0.4, -0.2) is 40.9 Å². The molecule has 0 spiro atoms. The molecule has 28 heavy (non-hydrogen) atoms. The van der Waals surface area contributed by atoms with Gasteiger partial charge >= 0.3 is 0 Å². The Morgan fingerprint density at radius 3 is 2.82 bits per heavy atom. The highest BCUT2D eigenvalue weighted by Crippen LogP contribution is 2.43. The first-order chi connectivity index (χ1) is 13.4. The lowest BCUT2D eigenvalue weighted by molar-refractivity contribution is -0.152. The van der Waals surface area contributed by atoms with Gasteiger partial charge in [0, 0.05) is 25.3 Å². The highest BCUT2D eigenvalue weighted by Gasteiger charge is 2.42. The van der Waals surface area contributed by atoms with Crippen molar-refractivity contribution in [3.63, 3.8) is 0 Å². The Labute approximate surface area is 168 Å². The number of amidine groups is 1. The van der Waals surface area contributed by atoms with Crippen LogP contribution >= 0.6 is 0 Å². The summed E-state index contributed by atoms with van der Waals surface area (Å²) in [6.45, 7) is 6.84. The molecule has 1 fully saturated rings. The lowest BCUT2D eigenvalue weighted by Gasteiger charge is -2.37. The molecule has 156 valence electrons. The van der Waals surface area contributed by atoms with Crippen LogP contribution in [0.3, 0.4) is 0 Å². The first-order valence-corrected chi connectivity index (χ1v) is 10.2. The molecule has 7 nitrogen and oxygen atoms in total. The maximum Gasteiger partial charge on any atom is 0.293 e. The molecule has 0 aromatic rings. The van der Waals surface area contributed by atoms with Crippen molar-refractivity contribution < 1.29 is 14.6 Å². The number of nitrogens with two attached hydrogens (primary N) is 1. The molecule has 2 aliphatic rings. The van der Waals surface area contributed by atoms with Gasteiger partial charge in [-0.25, -0.2) is 5.01 Å². The molecule has 1 unspecified atom stereocenters. The Balaban J connectivity index is 2.13. The SMILES string of the molecule is CCCC(C/C(O)=C(\C)C/C(N)=N/N1C=C(C)C=NC1)(OC=O)C1CCCC1. The lowest BCUT2D eigenvalue weighted by Crippen LogP contribution is -2.40. The highest BCUT2D eigenvalue weighted by atomic mass is 16.5. The summed E-state index contributed by atoms with van der Waals surface area (Å²) in [6, 6.07) is 0. The molecule has 3 N–H and O–H groups in total. The molecule has 0 radical (unpaired) electrons. The van der Waals surface area contributed by atoms with Crippen molar-refractivity contribution in [3.8, 4) is 0 Å². The second kappa shape index (κ2) is 10.3. The zero-order chi connectivity index (χ0) is 20.6. The summed E-state index contributed by atoms with van der Waals surface area (Å²) in [6.07, 6.45) is 10.3. The molecule has 1 saturated carbocycles. The predicted molar refractivity (Wildman–Crippen MR) is 112 cm³/mol. The monoisotopic (exact) mass is 390 g/mol. The summed E-state index contributed by atoms with van der Waals surface area (Å²) in [5, 5.41) is 16.8. The Morgan fingerprint density at radius 1 is 1.50 bits per heavy atom. The van der Waals surface area contributed by atoms with Crippen molar-refractivity contribution in [2.45, 2.75) is 77.7 Å². The van der Waals surface area contributed by atoms with Crippen molar-refractivity contribution in [1.82, 2.24) is 5.01 Å². The molecular weight excluding hydrogens is 356 g/mol. The number of hydrazone groups is 1. The standard InChI is InChI=1S/C21H34N4O3/c1-4-9-21(28-15-26,18-7-5-6-8-18)11-19(27)17(3)10-20(22)24-25-13-16(2)12-23-14-25/h12-13,15,18,27H,4-11,14H2,1-3H3,(H2,22,24)/b19-17-. The molecule has 1 aliphatic carbocycles. The number of nitrogens with zero attached hydrogens (tertiary/aromatic N) is 3. The summed E-state index contributed by atoms with van der Waals surface area (Å²) < 4.78 is 5.64. The van der Waals surface area contributed by atoms with Gasteiger partial charge in [-0.15, -0.1) is 0 Å². The van der Waals surface area contributed by atoms with Gasteiger partial charge in [0.05, 0.1) is 5.76 Å². The zero-order valence-corrected chi connectivity index (χ0v) is 17.4. The van der Waals surface area contributed by atoms with E-state index in [1.54, 1.807) is 11.2 Å². The van der Waals surface area contributed by atoms with Gasteiger partial charge in [0.15, 0.2) is 0 Å². The third kappa shape index (κ3) is 5.84. The van der Waals surface area contributed by atoms with Gasteiger partial charge in [-0.3, -0.25) is 9.79 Å². The van der Waals surface area contributed by atoms with Crippen LogP contribution in [0, 0.1) is 5.92 Å². The Hall–Kier alpha value is -2.31. The molecule has 1 aliphatic heterocycles. The highest BCUT2D eigenvalue weighted by molar-refractivity contribution is 5.83. The summed E-state index contributed by atoms with van der Waals surface area (Å²) in [4.78, 5) is 15.4. The third-order valence-electron chi connectivity index (χ3n) is 5.59. The van der Waals surface area contributed by atoms with Gasteiger partial charge < -0.3 is 15.6 Å². The van der Waals surface area contributed by atoms with Gasteiger partial charge in [0.2, 0.25) is 0 Å². The number of ether oxygens (including phenoxy) is 1. The summed E-state index contributed by atoms with van der Waals surface area (Å²) in [5.74, 6) is 0.935. The van der Waals surface area contributed by atoms with Crippen molar-refractivity contribution >= 4 is 18.5 Å². The number of hydrogen-bond donors (Lipinski definition) is 2. The number of aliphatic imine (C=N–C) groups is 1. The number of rotatable bonds is 10. The number of carbonyl (C=O) groups is 1. The smallest absolute Gasteiger partial charge is 0.293 e. The van der Waals surface area contributed by atoms with Crippen LogP contribution in [0.5, 0.6) is 0 Å². The van der Waals surface area contributed by atoms with E-state index in [4.69, 9.17) is 10.5 Å². The van der Waals surface area contributed by atoms with E-state index in [0.717, 1.165) is 49.7 Å². The molecule has 1 heterocycles. The van der Waals surface area contributed by atoms with Crippen LogP contribution in [0.1, 0.15) is 72.1 Å². The van der Waals surface area contributed by atoms with Gasteiger partial charge in [0.25, 0.3) is 6.47 Å². The summed E-state index contributed by atoms with van der Waals surface area (Å²) in [5.41, 5.74) is 7.20. The fourth-order valence-corrected chi connectivity index (χ4v) is 4.25. The summed E-state index contributed by atoms with van der Waals surface area (Å²) >= 11 is 0. The first kappa shape index (κ1) is 22.0. The first-order valence-electron chi connectivity index (χ1n) is 10.2. The van der Waals surface area contributed by atoms with E-state index in [1.807, 2.05) is 20.0 Å². The van der Waals surface area contributed by atoms with Gasteiger partial charge in [0.1, 0.15) is 18.1 Å². The molecule has 7 heteroatoms. The predicted octanol–water partition coefficient (Wildman–Crippen LogP) is 4.02. The van der Waals surface area contributed by atoms with Crippen LogP contribution in [0.2, 0.25) is 0 Å². The maximum atomic E-state index is 11.2. The van der Waals surface area contributed by atoms with Crippen LogP contribution in [-0.2, 0) is 9.53 Å². The second-order valence-corrected chi connectivity index (χ2v) is 7.95. The minimum absolute atomic E-state index is 0.240. The number of aliphatic hydroxyl groups is 1. The number of aliphatic hydroxyl groups excluding tert-OH is 1. The van der Waals surface area contributed by atoms with Crippen LogP contribution in [0.4, 0.5) is 0 Å². The maximum absolute atomic E-state index is 11.2. The van der Waals surface area contributed by atoms with Crippen LogP contribution < -0.4 is 5.73 Å². The average molecular weight is 391 g/mol. The lowest BCUT2D eigenvalue weighted by atomic mass is 9.78. The summed E-state index contributed by atoms with van der Waals surface area (Å²) in [7, 11) is 0.